The fraction of sp³-hybridized carbons (Fsp3) is 0.524. The molecule has 2 aliphatic heterocycles. The molecule has 0 spiro atoms. The molecule has 176 valence electrons. The summed E-state index contributed by atoms with van der Waals surface area (Å²) in [7, 11) is 2.05. The van der Waals surface area contributed by atoms with E-state index in [1.165, 1.54) is 11.8 Å². The van der Waals surface area contributed by atoms with E-state index in [1.54, 1.807) is 0 Å². The van der Waals surface area contributed by atoms with Crippen molar-refractivity contribution in [2.75, 3.05) is 26.7 Å². The molecule has 2 aliphatic rings. The predicted octanol–water partition coefficient (Wildman–Crippen LogP) is 2.04. The van der Waals surface area contributed by atoms with Crippen LogP contribution in [0.4, 0.5) is 0 Å². The van der Waals surface area contributed by atoms with Gasteiger partial charge in [-0.15, -0.1) is 0 Å². The number of para-hydroxylation sites is 2. The SMILES string of the molecule is CN(CCCCN=C1NC(C)(C)CC(=O)S1)C1COc2ccccc2O1.O=C(O)C(=O)O. The van der Waals surface area contributed by atoms with E-state index < -0.39 is 11.9 Å². The highest BCUT2D eigenvalue weighted by Crippen LogP contribution is 2.31. The average Bonchev–Trinajstić information content (AvgIpc) is 2.72. The summed E-state index contributed by atoms with van der Waals surface area (Å²) in [5.74, 6) is -2.04. The molecule has 0 saturated carbocycles. The highest BCUT2D eigenvalue weighted by molar-refractivity contribution is 8.26. The van der Waals surface area contributed by atoms with Gasteiger partial charge >= 0.3 is 11.9 Å². The molecule has 10 nitrogen and oxygen atoms in total. The van der Waals surface area contributed by atoms with Crippen molar-refractivity contribution in [3.63, 3.8) is 0 Å². The third-order valence-electron chi connectivity index (χ3n) is 4.58. The molecular weight excluding hydrogens is 438 g/mol. The van der Waals surface area contributed by atoms with Gasteiger partial charge in [0.2, 0.25) is 0 Å². The second kappa shape index (κ2) is 11.7. The van der Waals surface area contributed by atoms with Crippen LogP contribution >= 0.6 is 11.8 Å². The number of aliphatic imine (C=N–C) groups is 1. The molecule has 2 heterocycles. The van der Waals surface area contributed by atoms with E-state index in [-0.39, 0.29) is 16.9 Å². The molecule has 0 radical (unpaired) electrons. The standard InChI is InChI=1S/C19H27N3O3S.C2H2O4/c1-19(2)12-17(23)26-18(21-19)20-10-6-7-11-22(3)16-13-24-14-8-4-5-9-15(14)25-16;3-1(4)2(5)6/h4-5,8-9,16H,6-7,10-13H2,1-3H3,(H,20,21);(H,3,4)(H,5,6). The van der Waals surface area contributed by atoms with Gasteiger partial charge in [0, 0.05) is 25.0 Å². The quantitative estimate of drug-likeness (QED) is 0.421. The van der Waals surface area contributed by atoms with E-state index in [4.69, 9.17) is 29.3 Å². The smallest absolute Gasteiger partial charge is 0.414 e. The van der Waals surface area contributed by atoms with Crippen molar-refractivity contribution < 1.29 is 34.1 Å². The molecule has 11 heteroatoms. The number of thioether (sulfide) groups is 1. The van der Waals surface area contributed by atoms with Crippen molar-refractivity contribution in [2.45, 2.75) is 44.9 Å². The molecule has 1 fully saturated rings. The maximum atomic E-state index is 11.7. The number of hydrogen-bond acceptors (Lipinski definition) is 8. The van der Waals surface area contributed by atoms with Gasteiger partial charge in [0.15, 0.2) is 28.0 Å². The average molecular weight is 468 g/mol. The van der Waals surface area contributed by atoms with Gasteiger partial charge in [-0.3, -0.25) is 14.7 Å². The van der Waals surface area contributed by atoms with Crippen LogP contribution in [-0.2, 0) is 14.4 Å². The zero-order valence-electron chi connectivity index (χ0n) is 18.4. The van der Waals surface area contributed by atoms with Gasteiger partial charge in [0.25, 0.3) is 0 Å². The van der Waals surface area contributed by atoms with Crippen molar-refractivity contribution in [2.24, 2.45) is 4.99 Å². The Morgan fingerprint density at radius 1 is 1.22 bits per heavy atom. The van der Waals surface area contributed by atoms with E-state index in [1.807, 2.05) is 45.2 Å². The summed E-state index contributed by atoms with van der Waals surface area (Å²) in [4.78, 5) is 36.7. The van der Waals surface area contributed by atoms with Crippen LogP contribution in [0, 0.1) is 0 Å². The first kappa shape index (κ1) is 25.5. The molecule has 0 aliphatic carbocycles. The van der Waals surface area contributed by atoms with E-state index >= 15 is 0 Å². The van der Waals surface area contributed by atoms with Crippen LogP contribution in [0.1, 0.15) is 33.1 Å². The van der Waals surface area contributed by atoms with E-state index in [0.29, 0.717) is 13.0 Å². The minimum absolute atomic E-state index is 0.0646. The Balaban J connectivity index is 0.000000534. The van der Waals surface area contributed by atoms with Crippen LogP contribution < -0.4 is 14.8 Å². The number of carboxylic acids is 2. The Hall–Kier alpha value is -2.79. The Kier molecular flexibility index (Phi) is 9.33. The highest BCUT2D eigenvalue weighted by atomic mass is 32.2. The summed E-state index contributed by atoms with van der Waals surface area (Å²) in [5.41, 5.74) is -0.198. The molecule has 3 rings (SSSR count). The molecule has 1 aromatic rings. The zero-order valence-corrected chi connectivity index (χ0v) is 19.2. The zero-order chi connectivity index (χ0) is 23.7. The second-order valence-corrected chi connectivity index (χ2v) is 9.02. The Morgan fingerprint density at radius 2 is 1.88 bits per heavy atom. The number of amidine groups is 1. The Morgan fingerprint density at radius 3 is 2.50 bits per heavy atom. The molecule has 0 aromatic heterocycles. The fourth-order valence-corrected chi connectivity index (χ4v) is 4.09. The first-order valence-electron chi connectivity index (χ1n) is 10.2. The molecule has 1 aromatic carbocycles. The summed E-state index contributed by atoms with van der Waals surface area (Å²) in [6, 6.07) is 7.76. The molecule has 3 N–H and O–H groups in total. The van der Waals surface area contributed by atoms with Gasteiger partial charge in [-0.05, 0) is 57.6 Å². The second-order valence-electron chi connectivity index (χ2n) is 7.97. The van der Waals surface area contributed by atoms with Crippen LogP contribution in [0.15, 0.2) is 29.3 Å². The number of carboxylic acid groups (broad SMARTS) is 2. The van der Waals surface area contributed by atoms with Crippen molar-refractivity contribution >= 4 is 34.0 Å². The van der Waals surface area contributed by atoms with E-state index in [0.717, 1.165) is 42.6 Å². The van der Waals surface area contributed by atoms with Gasteiger partial charge in [0.05, 0.1) is 0 Å². The largest absolute Gasteiger partial charge is 0.484 e. The van der Waals surface area contributed by atoms with Gasteiger partial charge in [-0.1, -0.05) is 12.1 Å². The van der Waals surface area contributed by atoms with E-state index in [2.05, 4.69) is 15.2 Å². The monoisotopic (exact) mass is 467 g/mol. The number of nitrogens with one attached hydrogen (secondary N) is 1. The molecule has 0 amide bonds. The van der Waals surface area contributed by atoms with Gasteiger partial charge in [-0.25, -0.2) is 9.59 Å². The third kappa shape index (κ3) is 8.39. The van der Waals surface area contributed by atoms with Crippen molar-refractivity contribution in [3.05, 3.63) is 24.3 Å². The van der Waals surface area contributed by atoms with Gasteiger partial charge < -0.3 is 25.0 Å². The molecule has 32 heavy (non-hydrogen) atoms. The number of benzene rings is 1. The first-order valence-corrected chi connectivity index (χ1v) is 11.0. The maximum Gasteiger partial charge on any atom is 0.414 e. The van der Waals surface area contributed by atoms with E-state index in [9.17, 15) is 4.79 Å². The number of carbonyl (C=O) groups excluding carboxylic acids is 1. The van der Waals surface area contributed by atoms with Crippen LogP contribution in [0.2, 0.25) is 0 Å². The lowest BCUT2D eigenvalue weighted by Crippen LogP contribution is -2.47. The molecule has 1 unspecified atom stereocenters. The number of likely N-dealkylation sites (N-methyl/N-ethyl adjacent to an activating group) is 1. The van der Waals surface area contributed by atoms with Crippen LogP contribution in [0.25, 0.3) is 0 Å². The first-order chi connectivity index (χ1) is 15.1. The lowest BCUT2D eigenvalue weighted by Gasteiger charge is -2.32. The number of aliphatic carboxylic acids is 2. The number of hydrogen-bond donors (Lipinski definition) is 3. The minimum atomic E-state index is -1.82. The van der Waals surface area contributed by atoms with Crippen molar-refractivity contribution in [1.29, 1.82) is 0 Å². The number of fused-ring (bicyclic) bond motifs is 1. The minimum Gasteiger partial charge on any atom is -0.484 e. The Bertz CT molecular complexity index is 848. The number of nitrogens with zero attached hydrogens (tertiary/aromatic N) is 2. The lowest BCUT2D eigenvalue weighted by molar-refractivity contribution is -0.159. The Labute approximate surface area is 191 Å². The number of unbranched alkanes of at least 4 members (excludes halogenated alkanes) is 1. The molecular formula is C21H29N3O7S. The molecule has 1 saturated heterocycles. The van der Waals surface area contributed by atoms with Crippen molar-refractivity contribution in [1.82, 2.24) is 10.2 Å². The number of ether oxygens (including phenoxy) is 2. The predicted molar refractivity (Wildman–Crippen MR) is 120 cm³/mol. The summed E-state index contributed by atoms with van der Waals surface area (Å²) in [5, 5.41) is 19.0. The van der Waals surface area contributed by atoms with Crippen LogP contribution in [-0.4, -0.2) is 75.8 Å². The van der Waals surface area contributed by atoms with Gasteiger partial charge in [0.1, 0.15) is 6.61 Å². The lowest BCUT2D eigenvalue weighted by atomic mass is 10.0. The summed E-state index contributed by atoms with van der Waals surface area (Å²) >= 11 is 1.22. The highest BCUT2D eigenvalue weighted by Gasteiger charge is 2.30. The number of rotatable bonds is 6. The summed E-state index contributed by atoms with van der Waals surface area (Å²) in [6.07, 6.45) is 2.45. The van der Waals surface area contributed by atoms with Gasteiger partial charge in [-0.2, -0.15) is 0 Å². The topological polar surface area (TPSA) is 138 Å². The van der Waals surface area contributed by atoms with Crippen LogP contribution in [0.3, 0.4) is 0 Å². The molecule has 0 bridgehead atoms. The summed E-state index contributed by atoms with van der Waals surface area (Å²) in [6.45, 7) is 6.22. The fourth-order valence-electron chi connectivity index (χ4n) is 2.96. The number of carbonyl (C=O) groups is 3. The third-order valence-corrected chi connectivity index (χ3v) is 5.38. The van der Waals surface area contributed by atoms with Crippen molar-refractivity contribution in [3.8, 4) is 11.5 Å². The maximum absolute atomic E-state index is 11.7. The molecule has 1 atom stereocenters. The van der Waals surface area contributed by atoms with Crippen LogP contribution in [0.5, 0.6) is 11.5 Å². The normalized spacial score (nSPS) is 20.2. The summed E-state index contributed by atoms with van der Waals surface area (Å²) < 4.78 is 11.8.